The van der Waals surface area contributed by atoms with E-state index < -0.39 is 5.97 Å². The van der Waals surface area contributed by atoms with E-state index in [0.717, 1.165) is 11.1 Å². The smallest absolute Gasteiger partial charge is 0.303 e. The van der Waals surface area contributed by atoms with Crippen molar-refractivity contribution >= 4 is 11.9 Å². The Labute approximate surface area is 169 Å². The number of hydrogen-bond acceptors (Lipinski definition) is 5. The Kier molecular flexibility index (Phi) is 7.10. The van der Waals surface area contributed by atoms with Crippen molar-refractivity contribution in [3.63, 3.8) is 0 Å². The van der Waals surface area contributed by atoms with E-state index >= 15 is 0 Å². The fourth-order valence-electron chi connectivity index (χ4n) is 2.94. The Morgan fingerprint density at radius 3 is 2.31 bits per heavy atom. The van der Waals surface area contributed by atoms with Crippen LogP contribution in [-0.2, 0) is 22.6 Å². The molecule has 29 heavy (non-hydrogen) atoms. The lowest BCUT2D eigenvalue weighted by molar-refractivity contribution is -0.138. The third-order valence-electron chi connectivity index (χ3n) is 4.43. The Bertz CT molecular complexity index is 926. The predicted molar refractivity (Wildman–Crippen MR) is 107 cm³/mol. The summed E-state index contributed by atoms with van der Waals surface area (Å²) in [7, 11) is 0. The molecule has 0 aliphatic rings. The molecule has 0 bridgehead atoms. The Hall–Kier alpha value is -3.48. The number of aliphatic carboxylic acids is 1. The molecule has 1 heterocycles. The van der Waals surface area contributed by atoms with Crippen LogP contribution in [0.2, 0.25) is 0 Å². The SMILES string of the molecule is O=C(O)CCCN(Cc1ccccc1)C(=O)CCc1nnc(-c2ccccc2)o1. The summed E-state index contributed by atoms with van der Waals surface area (Å²) in [5.74, 6) is -0.104. The number of carbonyl (C=O) groups is 2. The Morgan fingerprint density at radius 2 is 1.62 bits per heavy atom. The molecule has 0 unspecified atom stereocenters. The fourth-order valence-corrected chi connectivity index (χ4v) is 2.94. The van der Waals surface area contributed by atoms with E-state index in [1.165, 1.54) is 0 Å². The van der Waals surface area contributed by atoms with Gasteiger partial charge in [-0.3, -0.25) is 9.59 Å². The molecule has 150 valence electrons. The molecule has 1 amide bonds. The van der Waals surface area contributed by atoms with E-state index in [1.54, 1.807) is 4.90 Å². The number of amides is 1. The summed E-state index contributed by atoms with van der Waals surface area (Å²) in [6, 6.07) is 19.1. The van der Waals surface area contributed by atoms with Crippen LogP contribution in [0.25, 0.3) is 11.5 Å². The highest BCUT2D eigenvalue weighted by Crippen LogP contribution is 2.18. The number of aryl methyl sites for hydroxylation is 1. The highest BCUT2D eigenvalue weighted by Gasteiger charge is 2.16. The van der Waals surface area contributed by atoms with Crippen LogP contribution in [-0.4, -0.2) is 38.6 Å². The molecule has 1 aromatic heterocycles. The monoisotopic (exact) mass is 393 g/mol. The molecule has 7 heteroatoms. The molecule has 0 fully saturated rings. The van der Waals surface area contributed by atoms with Crippen LogP contribution in [0.15, 0.2) is 65.1 Å². The van der Waals surface area contributed by atoms with Crippen LogP contribution in [0, 0.1) is 0 Å². The van der Waals surface area contributed by atoms with E-state index in [4.69, 9.17) is 9.52 Å². The second kappa shape index (κ2) is 10.2. The quantitative estimate of drug-likeness (QED) is 0.566. The van der Waals surface area contributed by atoms with Crippen molar-refractivity contribution in [3.05, 3.63) is 72.1 Å². The summed E-state index contributed by atoms with van der Waals surface area (Å²) in [5, 5.41) is 16.9. The van der Waals surface area contributed by atoms with Crippen LogP contribution in [0.1, 0.15) is 30.7 Å². The van der Waals surface area contributed by atoms with Crippen LogP contribution >= 0.6 is 0 Å². The van der Waals surface area contributed by atoms with Crippen LogP contribution in [0.4, 0.5) is 0 Å². The fraction of sp³-hybridized carbons (Fsp3) is 0.273. The summed E-state index contributed by atoms with van der Waals surface area (Å²) in [6.45, 7) is 0.831. The number of carbonyl (C=O) groups excluding carboxylic acids is 1. The van der Waals surface area contributed by atoms with Gasteiger partial charge in [0, 0.05) is 37.9 Å². The molecule has 3 aromatic rings. The molecule has 1 N–H and O–H groups in total. The summed E-state index contributed by atoms with van der Waals surface area (Å²) < 4.78 is 5.66. The van der Waals surface area contributed by atoms with Crippen molar-refractivity contribution < 1.29 is 19.1 Å². The van der Waals surface area contributed by atoms with E-state index in [2.05, 4.69) is 10.2 Å². The second-order valence-electron chi connectivity index (χ2n) is 6.67. The molecule has 0 radical (unpaired) electrons. The van der Waals surface area contributed by atoms with E-state index in [1.807, 2.05) is 60.7 Å². The van der Waals surface area contributed by atoms with Crippen LogP contribution in [0.3, 0.4) is 0 Å². The zero-order valence-corrected chi connectivity index (χ0v) is 16.0. The zero-order valence-electron chi connectivity index (χ0n) is 16.0. The first kappa shape index (κ1) is 20.3. The molecular formula is C22H23N3O4. The second-order valence-corrected chi connectivity index (χ2v) is 6.67. The molecule has 0 aliphatic heterocycles. The number of rotatable bonds is 10. The number of carboxylic acids is 1. The average molecular weight is 393 g/mol. The number of aromatic nitrogens is 2. The topological polar surface area (TPSA) is 96.5 Å². The minimum atomic E-state index is -0.864. The first-order chi connectivity index (χ1) is 14.1. The van der Waals surface area contributed by atoms with Crippen LogP contribution < -0.4 is 0 Å². The van der Waals surface area contributed by atoms with Gasteiger partial charge in [-0.1, -0.05) is 48.5 Å². The van der Waals surface area contributed by atoms with Gasteiger partial charge in [-0.15, -0.1) is 10.2 Å². The van der Waals surface area contributed by atoms with Gasteiger partial charge in [-0.2, -0.15) is 0 Å². The molecule has 0 spiro atoms. The molecule has 7 nitrogen and oxygen atoms in total. The molecular weight excluding hydrogens is 370 g/mol. The van der Waals surface area contributed by atoms with Gasteiger partial charge in [0.05, 0.1) is 0 Å². The largest absolute Gasteiger partial charge is 0.481 e. The number of nitrogens with zero attached hydrogens (tertiary/aromatic N) is 3. The van der Waals surface area contributed by atoms with Crippen molar-refractivity contribution in [2.75, 3.05) is 6.54 Å². The first-order valence-corrected chi connectivity index (χ1v) is 9.53. The lowest BCUT2D eigenvalue weighted by atomic mass is 10.1. The van der Waals surface area contributed by atoms with Gasteiger partial charge in [0.25, 0.3) is 0 Å². The van der Waals surface area contributed by atoms with Crippen molar-refractivity contribution in [2.24, 2.45) is 0 Å². The third kappa shape index (κ3) is 6.27. The standard InChI is InChI=1S/C22H23N3O4/c26-20(14-13-19-23-24-22(29-19)18-10-5-2-6-11-18)25(15-7-12-21(27)28)16-17-8-3-1-4-9-17/h1-6,8-11H,7,12-16H2,(H,27,28). The molecule has 0 saturated heterocycles. The first-order valence-electron chi connectivity index (χ1n) is 9.53. The summed E-state index contributed by atoms with van der Waals surface area (Å²) in [4.78, 5) is 25.3. The van der Waals surface area contributed by atoms with Crippen molar-refractivity contribution in [2.45, 2.75) is 32.2 Å². The van der Waals surface area contributed by atoms with Crippen molar-refractivity contribution in [1.29, 1.82) is 0 Å². The highest BCUT2D eigenvalue weighted by atomic mass is 16.4. The molecule has 0 aliphatic carbocycles. The minimum absolute atomic E-state index is 0.0304. The van der Waals surface area contributed by atoms with Crippen LogP contribution in [0.5, 0.6) is 0 Å². The van der Waals surface area contributed by atoms with E-state index in [-0.39, 0.29) is 18.7 Å². The zero-order chi connectivity index (χ0) is 20.5. The maximum atomic E-state index is 12.8. The molecule has 3 rings (SSSR count). The van der Waals surface area contributed by atoms with Gasteiger partial charge < -0.3 is 14.4 Å². The molecule has 0 saturated carbocycles. The normalized spacial score (nSPS) is 10.6. The minimum Gasteiger partial charge on any atom is -0.481 e. The van der Waals surface area contributed by atoms with Gasteiger partial charge in [-0.25, -0.2) is 0 Å². The number of hydrogen-bond donors (Lipinski definition) is 1. The van der Waals surface area contributed by atoms with Gasteiger partial charge in [-0.05, 0) is 24.1 Å². The average Bonchev–Trinajstić information content (AvgIpc) is 3.21. The summed E-state index contributed by atoms with van der Waals surface area (Å²) in [6.07, 6.45) is 0.995. The maximum Gasteiger partial charge on any atom is 0.303 e. The third-order valence-corrected chi connectivity index (χ3v) is 4.43. The lowest BCUT2D eigenvalue weighted by Crippen LogP contribution is -2.32. The lowest BCUT2D eigenvalue weighted by Gasteiger charge is -2.22. The van der Waals surface area contributed by atoms with E-state index in [9.17, 15) is 9.59 Å². The predicted octanol–water partition coefficient (Wildman–Crippen LogP) is 3.56. The summed E-state index contributed by atoms with van der Waals surface area (Å²) >= 11 is 0. The Morgan fingerprint density at radius 1 is 0.931 bits per heavy atom. The Balaban J connectivity index is 1.60. The number of carboxylic acid groups (broad SMARTS) is 1. The van der Waals surface area contributed by atoms with Gasteiger partial charge in [0.15, 0.2) is 0 Å². The molecule has 0 atom stereocenters. The maximum absolute atomic E-state index is 12.8. The van der Waals surface area contributed by atoms with Crippen molar-refractivity contribution in [3.8, 4) is 11.5 Å². The highest BCUT2D eigenvalue weighted by molar-refractivity contribution is 5.76. The molecule has 2 aromatic carbocycles. The van der Waals surface area contributed by atoms with Crippen molar-refractivity contribution in [1.82, 2.24) is 15.1 Å². The van der Waals surface area contributed by atoms with Gasteiger partial charge in [0.2, 0.25) is 17.7 Å². The van der Waals surface area contributed by atoms with Gasteiger partial charge in [0.1, 0.15) is 0 Å². The van der Waals surface area contributed by atoms with E-state index in [0.29, 0.717) is 37.7 Å². The van der Waals surface area contributed by atoms with Gasteiger partial charge >= 0.3 is 5.97 Å². The number of benzene rings is 2. The summed E-state index contributed by atoms with van der Waals surface area (Å²) in [5.41, 5.74) is 1.83.